The first kappa shape index (κ1) is 23.7. The second-order valence-electron chi connectivity index (χ2n) is 7.81. The molecule has 0 bridgehead atoms. The quantitative estimate of drug-likeness (QED) is 0.447. The number of ether oxygens (including phenoxy) is 1. The summed E-state index contributed by atoms with van der Waals surface area (Å²) in [5.74, 6) is -0.463. The number of nitrogens with one attached hydrogen (secondary N) is 2. The number of benzene rings is 2. The molecule has 0 heterocycles. The highest BCUT2D eigenvalue weighted by Crippen LogP contribution is 2.44. The Balaban J connectivity index is 1.38. The fourth-order valence-electron chi connectivity index (χ4n) is 3.79. The van der Waals surface area contributed by atoms with Crippen LogP contribution < -0.4 is 10.6 Å². The van der Waals surface area contributed by atoms with Crippen molar-refractivity contribution >= 4 is 29.7 Å². The normalized spacial score (nSPS) is 13.0. The molecule has 0 aliphatic heterocycles. The third kappa shape index (κ3) is 6.50. The van der Waals surface area contributed by atoms with E-state index in [1.807, 2.05) is 31.2 Å². The molecule has 1 aliphatic rings. The van der Waals surface area contributed by atoms with E-state index in [-0.39, 0.29) is 36.5 Å². The van der Waals surface area contributed by atoms with Gasteiger partial charge in [-0.2, -0.15) is 0 Å². The number of thioether (sulfide) groups is 1. The fraction of sp³-hybridized carbons (Fsp3) is 0.375. The first-order valence-electron chi connectivity index (χ1n) is 10.6. The maximum Gasteiger partial charge on any atom is 0.407 e. The molecule has 2 amide bonds. The summed E-state index contributed by atoms with van der Waals surface area (Å²) >= 11 is 1.26. The van der Waals surface area contributed by atoms with Crippen molar-refractivity contribution in [3.8, 4) is 11.1 Å². The van der Waals surface area contributed by atoms with E-state index in [1.54, 1.807) is 0 Å². The number of carbonyl (C=O) groups is 3. The smallest absolute Gasteiger partial charge is 0.407 e. The van der Waals surface area contributed by atoms with Crippen molar-refractivity contribution in [2.24, 2.45) is 5.92 Å². The molecular weight excluding hydrogens is 428 g/mol. The van der Waals surface area contributed by atoms with Gasteiger partial charge in [-0.3, -0.25) is 9.59 Å². The summed E-state index contributed by atoms with van der Waals surface area (Å²) in [5, 5.41) is 14.1. The lowest BCUT2D eigenvalue weighted by Gasteiger charge is -2.16. The van der Waals surface area contributed by atoms with Gasteiger partial charge in [-0.15, -0.1) is 11.8 Å². The van der Waals surface area contributed by atoms with Crippen molar-refractivity contribution in [3.05, 3.63) is 59.7 Å². The zero-order valence-electron chi connectivity index (χ0n) is 18.0. The van der Waals surface area contributed by atoms with Gasteiger partial charge in [0, 0.05) is 31.2 Å². The molecule has 0 aromatic heterocycles. The van der Waals surface area contributed by atoms with Crippen LogP contribution >= 0.6 is 11.8 Å². The Morgan fingerprint density at radius 2 is 1.66 bits per heavy atom. The summed E-state index contributed by atoms with van der Waals surface area (Å²) in [6.07, 6.45) is -0.225. The predicted octanol–water partition coefficient (Wildman–Crippen LogP) is 3.49. The Morgan fingerprint density at radius 1 is 1.03 bits per heavy atom. The minimum Gasteiger partial charge on any atom is -0.481 e. The molecule has 0 radical (unpaired) electrons. The molecule has 2 aromatic rings. The average Bonchev–Trinajstić information content (AvgIpc) is 3.09. The number of fused-ring (bicyclic) bond motifs is 3. The third-order valence-corrected chi connectivity index (χ3v) is 6.21. The maximum atomic E-state index is 12.2. The molecule has 32 heavy (non-hydrogen) atoms. The van der Waals surface area contributed by atoms with Gasteiger partial charge < -0.3 is 20.5 Å². The van der Waals surface area contributed by atoms with Gasteiger partial charge in [0.15, 0.2) is 0 Å². The van der Waals surface area contributed by atoms with Crippen molar-refractivity contribution in [3.63, 3.8) is 0 Å². The predicted molar refractivity (Wildman–Crippen MR) is 125 cm³/mol. The van der Waals surface area contributed by atoms with E-state index >= 15 is 0 Å². The van der Waals surface area contributed by atoms with Crippen LogP contribution in [0.1, 0.15) is 30.4 Å². The number of amides is 2. The number of hydrogen-bond acceptors (Lipinski definition) is 5. The molecule has 8 heteroatoms. The highest BCUT2D eigenvalue weighted by molar-refractivity contribution is 7.99. The van der Waals surface area contributed by atoms with Gasteiger partial charge in [0.2, 0.25) is 5.91 Å². The maximum absolute atomic E-state index is 12.2. The molecule has 0 spiro atoms. The molecular formula is C24H28N2O5S. The molecule has 1 atom stereocenters. The number of hydrogen-bond donors (Lipinski definition) is 3. The molecule has 3 rings (SSSR count). The largest absolute Gasteiger partial charge is 0.481 e. The van der Waals surface area contributed by atoms with Crippen molar-refractivity contribution in [1.82, 2.24) is 10.6 Å². The second-order valence-corrected chi connectivity index (χ2v) is 8.92. The van der Waals surface area contributed by atoms with E-state index in [0.717, 1.165) is 11.1 Å². The highest BCUT2D eigenvalue weighted by atomic mass is 32.2. The van der Waals surface area contributed by atoms with Crippen LogP contribution in [0.4, 0.5) is 4.79 Å². The van der Waals surface area contributed by atoms with Crippen LogP contribution in [0, 0.1) is 5.92 Å². The Morgan fingerprint density at radius 3 is 2.28 bits per heavy atom. The summed E-state index contributed by atoms with van der Waals surface area (Å²) < 4.78 is 5.50. The van der Waals surface area contributed by atoms with Gasteiger partial charge in [0.05, 0.1) is 5.75 Å². The Kier molecular flexibility index (Phi) is 8.56. The second kappa shape index (κ2) is 11.6. The van der Waals surface area contributed by atoms with E-state index in [0.29, 0.717) is 18.8 Å². The minimum atomic E-state index is -0.866. The molecule has 1 unspecified atom stereocenters. The minimum absolute atomic E-state index is 0.00958. The van der Waals surface area contributed by atoms with E-state index in [4.69, 9.17) is 9.84 Å². The molecule has 2 aromatic carbocycles. The zero-order chi connectivity index (χ0) is 22.9. The van der Waals surface area contributed by atoms with Crippen LogP contribution in [0.5, 0.6) is 0 Å². The molecule has 3 N–H and O–H groups in total. The van der Waals surface area contributed by atoms with Crippen LogP contribution in [0.15, 0.2) is 48.5 Å². The molecule has 1 aliphatic carbocycles. The monoisotopic (exact) mass is 456 g/mol. The topological polar surface area (TPSA) is 105 Å². The van der Waals surface area contributed by atoms with Crippen LogP contribution in [0.25, 0.3) is 11.1 Å². The standard InChI is InChI=1S/C24H28N2O5S/c1-16(12-22(27)25-10-11-32-15-23(28)29)13-26-24(30)31-14-21-19-8-4-2-6-17(19)18-7-3-5-9-20(18)21/h2-9,16,21H,10-15H2,1H3,(H,25,27)(H,26,30)(H,28,29). The lowest BCUT2D eigenvalue weighted by Crippen LogP contribution is -2.33. The molecule has 0 saturated carbocycles. The zero-order valence-corrected chi connectivity index (χ0v) is 18.8. The summed E-state index contributed by atoms with van der Waals surface area (Å²) in [4.78, 5) is 34.6. The third-order valence-electron chi connectivity index (χ3n) is 5.27. The number of carboxylic acids is 1. The number of rotatable bonds is 11. The SMILES string of the molecule is CC(CNC(=O)OCC1c2ccccc2-c2ccccc21)CC(=O)NCCSCC(=O)O. The van der Waals surface area contributed by atoms with Crippen molar-refractivity contribution in [2.45, 2.75) is 19.3 Å². The molecule has 0 saturated heterocycles. The van der Waals surface area contributed by atoms with Gasteiger partial charge in [-0.25, -0.2) is 4.79 Å². The van der Waals surface area contributed by atoms with E-state index in [9.17, 15) is 14.4 Å². The van der Waals surface area contributed by atoms with E-state index in [1.165, 1.54) is 22.9 Å². The summed E-state index contributed by atoms with van der Waals surface area (Å²) in [5.41, 5.74) is 4.68. The van der Waals surface area contributed by atoms with Crippen molar-refractivity contribution in [2.75, 3.05) is 31.2 Å². The number of aliphatic carboxylic acids is 1. The number of carboxylic acid groups (broad SMARTS) is 1. The first-order valence-corrected chi connectivity index (χ1v) is 11.8. The highest BCUT2D eigenvalue weighted by Gasteiger charge is 2.29. The summed E-state index contributed by atoms with van der Waals surface area (Å²) in [6, 6.07) is 16.3. The van der Waals surface area contributed by atoms with Crippen LogP contribution in [-0.2, 0) is 14.3 Å². The van der Waals surface area contributed by atoms with E-state index < -0.39 is 12.1 Å². The summed E-state index contributed by atoms with van der Waals surface area (Å²) in [7, 11) is 0. The average molecular weight is 457 g/mol. The Bertz CT molecular complexity index is 919. The number of alkyl carbamates (subject to hydrolysis) is 1. The molecule has 0 fully saturated rings. The van der Waals surface area contributed by atoms with Gasteiger partial charge >= 0.3 is 12.1 Å². The lowest BCUT2D eigenvalue weighted by atomic mass is 9.98. The summed E-state index contributed by atoms with van der Waals surface area (Å²) in [6.45, 7) is 2.88. The molecule has 7 nitrogen and oxygen atoms in total. The van der Waals surface area contributed by atoms with Crippen LogP contribution in [-0.4, -0.2) is 54.3 Å². The van der Waals surface area contributed by atoms with Crippen LogP contribution in [0.2, 0.25) is 0 Å². The first-order chi connectivity index (χ1) is 15.5. The lowest BCUT2D eigenvalue weighted by molar-refractivity contribution is -0.133. The van der Waals surface area contributed by atoms with Crippen molar-refractivity contribution in [1.29, 1.82) is 0 Å². The van der Waals surface area contributed by atoms with E-state index in [2.05, 4.69) is 34.9 Å². The molecule has 170 valence electrons. The van der Waals surface area contributed by atoms with Gasteiger partial charge in [0.25, 0.3) is 0 Å². The van der Waals surface area contributed by atoms with Gasteiger partial charge in [-0.1, -0.05) is 55.5 Å². The van der Waals surface area contributed by atoms with Crippen LogP contribution in [0.3, 0.4) is 0 Å². The Labute approximate surface area is 191 Å². The fourth-order valence-corrected chi connectivity index (χ4v) is 4.36. The van der Waals surface area contributed by atoms with Crippen molar-refractivity contribution < 1.29 is 24.2 Å². The Hall–Kier alpha value is -3.00. The number of carbonyl (C=O) groups excluding carboxylic acids is 2. The van der Waals surface area contributed by atoms with Gasteiger partial charge in [-0.05, 0) is 28.2 Å². The van der Waals surface area contributed by atoms with Gasteiger partial charge in [0.1, 0.15) is 6.61 Å².